The maximum atomic E-state index is 13.4. The van der Waals surface area contributed by atoms with Crippen LogP contribution in [0, 0.1) is 0 Å². The van der Waals surface area contributed by atoms with Crippen molar-refractivity contribution >= 4 is 45.1 Å². The first-order valence-electron chi connectivity index (χ1n) is 13.5. The molecule has 42 heavy (non-hydrogen) atoms. The number of nitrogens with one attached hydrogen (secondary N) is 3. The molecule has 212 valence electrons. The first-order chi connectivity index (χ1) is 20.5. The van der Waals surface area contributed by atoms with Gasteiger partial charge in [0, 0.05) is 41.4 Å². The van der Waals surface area contributed by atoms with Crippen LogP contribution >= 0.6 is 0 Å². The lowest BCUT2D eigenvalue weighted by atomic mass is 10.0. The van der Waals surface area contributed by atoms with Crippen molar-refractivity contribution in [2.24, 2.45) is 11.5 Å². The second-order valence-electron chi connectivity index (χ2n) is 9.85. The second kappa shape index (κ2) is 11.6. The zero-order valence-electron chi connectivity index (χ0n) is 22.6. The summed E-state index contributed by atoms with van der Waals surface area (Å²) in [6.45, 7) is 0.866. The number of carbonyl (C=O) groups is 2. The van der Waals surface area contributed by atoms with E-state index in [1.165, 1.54) is 0 Å². The first kappa shape index (κ1) is 26.9. The standard InChI is InChI=1S/C30H29N9O3/c31-13-14-33-28-27(37-42-38-28)29-36-24-7-3-4-8-25(24)39(29)17-26(40)18-9-11-20(12-10-18)35-30(41)22(32)15-19-16-34-23-6-2-1-5-21(19)23/h1-12,16,22,34H,13-15,17,31-32H2,(H,33,38)(H,35,41)/t22-/m0/s1. The van der Waals surface area contributed by atoms with Crippen LogP contribution in [0.2, 0.25) is 0 Å². The molecule has 0 saturated carbocycles. The molecule has 1 atom stereocenters. The van der Waals surface area contributed by atoms with Gasteiger partial charge in [-0.2, -0.15) is 0 Å². The van der Waals surface area contributed by atoms with E-state index in [1.807, 2.05) is 54.7 Å². The van der Waals surface area contributed by atoms with Crippen LogP contribution in [0.1, 0.15) is 15.9 Å². The van der Waals surface area contributed by atoms with E-state index in [4.69, 9.17) is 21.1 Å². The highest BCUT2D eigenvalue weighted by Crippen LogP contribution is 2.28. The van der Waals surface area contributed by atoms with E-state index in [1.54, 1.807) is 28.8 Å². The van der Waals surface area contributed by atoms with Crippen LogP contribution in [0.25, 0.3) is 33.5 Å². The van der Waals surface area contributed by atoms with Crippen molar-refractivity contribution in [2.45, 2.75) is 19.0 Å². The van der Waals surface area contributed by atoms with Crippen molar-refractivity contribution in [1.29, 1.82) is 0 Å². The number of para-hydroxylation sites is 3. The van der Waals surface area contributed by atoms with E-state index in [2.05, 4.69) is 25.9 Å². The Morgan fingerprint density at radius 1 is 1.00 bits per heavy atom. The number of hydrogen-bond acceptors (Lipinski definition) is 9. The first-order valence-corrected chi connectivity index (χ1v) is 13.5. The fourth-order valence-corrected chi connectivity index (χ4v) is 4.90. The summed E-state index contributed by atoms with van der Waals surface area (Å²) in [5.74, 6) is 0.376. The number of aromatic nitrogens is 5. The quantitative estimate of drug-likeness (QED) is 0.148. The number of H-pyrrole nitrogens is 1. The van der Waals surface area contributed by atoms with Crippen molar-refractivity contribution in [3.8, 4) is 11.5 Å². The molecule has 0 radical (unpaired) electrons. The van der Waals surface area contributed by atoms with Gasteiger partial charge in [-0.15, -0.1) is 0 Å². The molecule has 3 aromatic carbocycles. The van der Waals surface area contributed by atoms with Gasteiger partial charge in [0.05, 0.1) is 23.6 Å². The summed E-state index contributed by atoms with van der Waals surface area (Å²) in [6.07, 6.45) is 2.27. The molecule has 0 bridgehead atoms. The lowest BCUT2D eigenvalue weighted by molar-refractivity contribution is -0.117. The van der Waals surface area contributed by atoms with Crippen LogP contribution < -0.4 is 22.1 Å². The van der Waals surface area contributed by atoms with Crippen LogP contribution in [0.3, 0.4) is 0 Å². The Bertz CT molecular complexity index is 1870. The third-order valence-electron chi connectivity index (χ3n) is 7.02. The summed E-state index contributed by atoms with van der Waals surface area (Å²) in [5, 5.41) is 14.9. The number of aromatic amines is 1. The fraction of sp³-hybridized carbons (Fsp3) is 0.167. The SMILES string of the molecule is NCCNc1nonc1-c1nc2ccccc2n1CC(=O)c1ccc(NC(=O)[C@@H](N)Cc2c[nH]c3ccccc23)cc1. The Labute approximate surface area is 240 Å². The monoisotopic (exact) mass is 563 g/mol. The van der Waals surface area contributed by atoms with Crippen molar-refractivity contribution in [3.63, 3.8) is 0 Å². The molecular formula is C30H29N9O3. The minimum absolute atomic E-state index is 0.000235. The van der Waals surface area contributed by atoms with Crippen LogP contribution in [-0.4, -0.2) is 55.7 Å². The number of imidazole rings is 1. The van der Waals surface area contributed by atoms with Crippen molar-refractivity contribution in [1.82, 2.24) is 24.8 Å². The normalized spacial score (nSPS) is 12.0. The molecule has 1 amide bonds. The molecule has 0 fully saturated rings. The van der Waals surface area contributed by atoms with Gasteiger partial charge in [-0.05, 0) is 64.8 Å². The number of fused-ring (bicyclic) bond motifs is 2. The average molecular weight is 564 g/mol. The maximum Gasteiger partial charge on any atom is 0.241 e. The Morgan fingerprint density at radius 3 is 2.62 bits per heavy atom. The Balaban J connectivity index is 1.16. The molecule has 3 heterocycles. The number of hydrogen-bond donors (Lipinski definition) is 5. The Kier molecular flexibility index (Phi) is 7.45. The molecule has 0 aliphatic heterocycles. The lowest BCUT2D eigenvalue weighted by Crippen LogP contribution is -2.37. The van der Waals surface area contributed by atoms with Gasteiger partial charge in [0.15, 0.2) is 17.3 Å². The number of Topliss-reactive ketones (excluding diaryl/α,β-unsaturated/α-hetero) is 1. The molecule has 0 saturated heterocycles. The molecule has 0 aliphatic carbocycles. The smallest absolute Gasteiger partial charge is 0.241 e. The summed E-state index contributed by atoms with van der Waals surface area (Å²) in [6, 6.07) is 21.4. The number of carbonyl (C=O) groups excluding carboxylic acids is 2. The van der Waals surface area contributed by atoms with E-state index in [-0.39, 0.29) is 18.2 Å². The van der Waals surface area contributed by atoms with Gasteiger partial charge < -0.3 is 31.7 Å². The minimum atomic E-state index is -0.742. The van der Waals surface area contributed by atoms with Crippen LogP contribution in [0.5, 0.6) is 0 Å². The molecule has 6 aromatic rings. The van der Waals surface area contributed by atoms with E-state index in [9.17, 15) is 9.59 Å². The molecule has 0 unspecified atom stereocenters. The van der Waals surface area contributed by atoms with Gasteiger partial charge in [-0.25, -0.2) is 9.61 Å². The molecule has 7 N–H and O–H groups in total. The van der Waals surface area contributed by atoms with E-state index < -0.39 is 6.04 Å². The zero-order valence-corrected chi connectivity index (χ0v) is 22.6. The largest absolute Gasteiger partial charge is 0.364 e. The van der Waals surface area contributed by atoms with E-state index in [0.717, 1.165) is 22.0 Å². The molecule has 12 heteroatoms. The number of amides is 1. The summed E-state index contributed by atoms with van der Waals surface area (Å²) in [4.78, 5) is 34.1. The summed E-state index contributed by atoms with van der Waals surface area (Å²) < 4.78 is 6.74. The van der Waals surface area contributed by atoms with Gasteiger partial charge in [-0.1, -0.05) is 30.3 Å². The predicted octanol–water partition coefficient (Wildman–Crippen LogP) is 3.33. The van der Waals surface area contributed by atoms with Crippen molar-refractivity contribution < 1.29 is 14.2 Å². The Hall–Kier alpha value is -5.33. The number of nitrogens with zero attached hydrogens (tertiary/aromatic N) is 4. The molecule has 3 aromatic heterocycles. The maximum absolute atomic E-state index is 13.4. The van der Waals surface area contributed by atoms with Crippen LogP contribution in [0.15, 0.2) is 83.6 Å². The third kappa shape index (κ3) is 5.36. The van der Waals surface area contributed by atoms with Gasteiger partial charge in [0.2, 0.25) is 11.7 Å². The number of rotatable bonds is 11. The van der Waals surface area contributed by atoms with Gasteiger partial charge in [-0.3, -0.25) is 9.59 Å². The molecule has 0 aliphatic rings. The fourth-order valence-electron chi connectivity index (χ4n) is 4.90. The Morgan fingerprint density at radius 2 is 1.79 bits per heavy atom. The molecule has 0 spiro atoms. The number of ketones is 1. The minimum Gasteiger partial charge on any atom is -0.364 e. The molecular weight excluding hydrogens is 534 g/mol. The highest BCUT2D eigenvalue weighted by molar-refractivity contribution is 5.99. The third-order valence-corrected chi connectivity index (χ3v) is 7.02. The zero-order chi connectivity index (χ0) is 29.1. The van der Waals surface area contributed by atoms with E-state index in [0.29, 0.717) is 53.6 Å². The van der Waals surface area contributed by atoms with Crippen LogP contribution in [-0.2, 0) is 17.8 Å². The van der Waals surface area contributed by atoms with Gasteiger partial charge in [0.25, 0.3) is 0 Å². The topological polar surface area (TPSA) is 183 Å². The highest BCUT2D eigenvalue weighted by Gasteiger charge is 2.22. The second-order valence-corrected chi connectivity index (χ2v) is 9.85. The lowest BCUT2D eigenvalue weighted by Gasteiger charge is -2.13. The molecule has 12 nitrogen and oxygen atoms in total. The van der Waals surface area contributed by atoms with Gasteiger partial charge >= 0.3 is 0 Å². The predicted molar refractivity (Wildman–Crippen MR) is 160 cm³/mol. The highest BCUT2D eigenvalue weighted by atomic mass is 16.6. The summed E-state index contributed by atoms with van der Waals surface area (Å²) in [5.41, 5.74) is 16.7. The number of benzene rings is 3. The van der Waals surface area contributed by atoms with Crippen molar-refractivity contribution in [2.75, 3.05) is 23.7 Å². The van der Waals surface area contributed by atoms with E-state index >= 15 is 0 Å². The van der Waals surface area contributed by atoms with Gasteiger partial charge in [0.1, 0.15) is 0 Å². The van der Waals surface area contributed by atoms with Crippen molar-refractivity contribution in [3.05, 3.63) is 90.1 Å². The number of nitrogens with two attached hydrogens (primary N) is 2. The van der Waals surface area contributed by atoms with Crippen LogP contribution in [0.4, 0.5) is 11.5 Å². The summed E-state index contributed by atoms with van der Waals surface area (Å²) in [7, 11) is 0. The summed E-state index contributed by atoms with van der Waals surface area (Å²) >= 11 is 0. The average Bonchev–Trinajstić information content (AvgIpc) is 3.74. The number of anilines is 2. The molecule has 6 rings (SSSR count).